The fourth-order valence-electron chi connectivity index (χ4n) is 0.982. The van der Waals surface area contributed by atoms with Gasteiger partial charge in [0.05, 0.1) is 14.2 Å². The van der Waals surface area contributed by atoms with Crippen LogP contribution in [0.1, 0.15) is 10.4 Å². The zero-order valence-electron chi connectivity index (χ0n) is 9.81. The van der Waals surface area contributed by atoms with Crippen LogP contribution in [0.3, 0.4) is 0 Å². The van der Waals surface area contributed by atoms with Crippen LogP contribution >= 0.6 is 0 Å². The summed E-state index contributed by atoms with van der Waals surface area (Å²) in [6.07, 6.45) is 0.657. The van der Waals surface area contributed by atoms with Crippen molar-refractivity contribution >= 4 is 6.29 Å². The number of aromatic hydroxyl groups is 1. The molecule has 0 spiro atoms. The molecule has 0 aliphatic rings. The Morgan fingerprint density at radius 1 is 1.06 bits per heavy atom. The molecule has 5 nitrogen and oxygen atoms in total. The number of phenolic OH excluding ortho intramolecular Hbond substituents is 1. The Balaban J connectivity index is 0.000000673. The molecule has 0 amide bonds. The van der Waals surface area contributed by atoms with Crippen LogP contribution in [0.4, 0.5) is 0 Å². The highest BCUT2D eigenvalue weighted by Crippen LogP contribution is 2.36. The number of hydrogen-bond acceptors (Lipinski definition) is 5. The lowest BCUT2D eigenvalue weighted by Gasteiger charge is -2.08. The van der Waals surface area contributed by atoms with Crippen LogP contribution in [0, 0.1) is 0 Å². The van der Waals surface area contributed by atoms with E-state index in [0.717, 1.165) is 0 Å². The molecule has 0 fully saturated rings. The van der Waals surface area contributed by atoms with Crippen molar-refractivity contribution in [3.8, 4) is 17.2 Å². The van der Waals surface area contributed by atoms with E-state index in [9.17, 15) is 9.90 Å². The zero-order chi connectivity index (χ0) is 12.6. The molecule has 1 rings (SSSR count). The second-order valence-corrected chi connectivity index (χ2v) is 2.80. The molecule has 90 valence electrons. The fraction of sp³-hybridized carbons (Fsp3) is 0.364. The van der Waals surface area contributed by atoms with Crippen LogP contribution < -0.4 is 9.47 Å². The van der Waals surface area contributed by atoms with Crippen molar-refractivity contribution in [2.75, 3.05) is 28.4 Å². The first kappa shape index (κ1) is 14.2. The second-order valence-electron chi connectivity index (χ2n) is 2.80. The van der Waals surface area contributed by atoms with Crippen molar-refractivity contribution in [1.29, 1.82) is 0 Å². The van der Waals surface area contributed by atoms with Crippen LogP contribution in [-0.2, 0) is 4.74 Å². The minimum atomic E-state index is -0.101. The van der Waals surface area contributed by atoms with Gasteiger partial charge in [0.15, 0.2) is 11.5 Å². The van der Waals surface area contributed by atoms with Gasteiger partial charge in [-0.05, 0) is 12.1 Å². The van der Waals surface area contributed by atoms with Crippen molar-refractivity contribution in [3.05, 3.63) is 17.7 Å². The van der Waals surface area contributed by atoms with Crippen LogP contribution in [0.15, 0.2) is 12.1 Å². The number of hydrogen-bond donors (Lipinski definition) is 1. The van der Waals surface area contributed by atoms with Crippen molar-refractivity contribution in [2.45, 2.75) is 0 Å². The molecular formula is C11H16O5. The summed E-state index contributed by atoms with van der Waals surface area (Å²) in [4.78, 5) is 10.5. The van der Waals surface area contributed by atoms with Gasteiger partial charge < -0.3 is 19.3 Å². The van der Waals surface area contributed by atoms with Gasteiger partial charge in [0, 0.05) is 19.8 Å². The van der Waals surface area contributed by atoms with E-state index in [-0.39, 0.29) is 17.2 Å². The van der Waals surface area contributed by atoms with Gasteiger partial charge in [0.25, 0.3) is 0 Å². The van der Waals surface area contributed by atoms with Gasteiger partial charge in [-0.25, -0.2) is 0 Å². The number of benzene rings is 1. The number of carbonyl (C=O) groups excluding carboxylic acids is 1. The molecular weight excluding hydrogens is 212 g/mol. The predicted molar refractivity (Wildman–Crippen MR) is 59.5 cm³/mol. The van der Waals surface area contributed by atoms with Gasteiger partial charge in [0.2, 0.25) is 5.75 Å². The van der Waals surface area contributed by atoms with Gasteiger partial charge in [-0.3, -0.25) is 4.79 Å². The highest BCUT2D eigenvalue weighted by atomic mass is 16.5. The van der Waals surface area contributed by atoms with Crippen molar-refractivity contribution < 1.29 is 24.1 Å². The summed E-state index contributed by atoms with van der Waals surface area (Å²) in [6.45, 7) is 0. The summed E-state index contributed by atoms with van der Waals surface area (Å²) in [6, 6.07) is 2.87. The molecule has 0 heterocycles. The van der Waals surface area contributed by atoms with E-state index in [1.165, 1.54) is 26.4 Å². The second kappa shape index (κ2) is 7.53. The smallest absolute Gasteiger partial charge is 0.200 e. The average molecular weight is 228 g/mol. The Hall–Kier alpha value is -1.75. The molecule has 1 N–H and O–H groups in total. The molecule has 1 aromatic rings. The maximum atomic E-state index is 10.5. The lowest BCUT2D eigenvalue weighted by atomic mass is 10.2. The summed E-state index contributed by atoms with van der Waals surface area (Å²) >= 11 is 0. The zero-order valence-corrected chi connectivity index (χ0v) is 9.81. The third-order valence-corrected chi connectivity index (χ3v) is 1.64. The van der Waals surface area contributed by atoms with Crippen LogP contribution in [-0.4, -0.2) is 39.8 Å². The van der Waals surface area contributed by atoms with E-state index in [1.807, 2.05) is 0 Å². The molecule has 0 aromatic heterocycles. The predicted octanol–water partition coefficient (Wildman–Crippen LogP) is 1.48. The summed E-state index contributed by atoms with van der Waals surface area (Å²) in [5, 5.41) is 9.44. The number of rotatable bonds is 3. The SMILES string of the molecule is COC.COc1cc(C=O)cc(OC)c1O. The minimum Gasteiger partial charge on any atom is -0.502 e. The van der Waals surface area contributed by atoms with E-state index < -0.39 is 0 Å². The monoisotopic (exact) mass is 228 g/mol. The maximum Gasteiger partial charge on any atom is 0.200 e. The Bertz CT molecular complexity index is 310. The van der Waals surface area contributed by atoms with Gasteiger partial charge in [0.1, 0.15) is 6.29 Å². The largest absolute Gasteiger partial charge is 0.502 e. The molecule has 0 bridgehead atoms. The first-order valence-electron chi connectivity index (χ1n) is 4.44. The topological polar surface area (TPSA) is 65.0 Å². The van der Waals surface area contributed by atoms with Crippen LogP contribution in [0.5, 0.6) is 17.2 Å². The Morgan fingerprint density at radius 2 is 1.44 bits per heavy atom. The number of methoxy groups -OCH3 is 3. The lowest BCUT2D eigenvalue weighted by Crippen LogP contribution is -1.91. The van der Waals surface area contributed by atoms with Crippen LogP contribution in [0.25, 0.3) is 0 Å². The Morgan fingerprint density at radius 3 is 1.69 bits per heavy atom. The average Bonchev–Trinajstić information content (AvgIpc) is 2.30. The van der Waals surface area contributed by atoms with Gasteiger partial charge >= 0.3 is 0 Å². The molecule has 0 aliphatic heterocycles. The third-order valence-electron chi connectivity index (χ3n) is 1.64. The first-order chi connectivity index (χ1) is 7.64. The van der Waals surface area contributed by atoms with E-state index in [1.54, 1.807) is 14.2 Å². The minimum absolute atomic E-state index is 0.101. The maximum absolute atomic E-state index is 10.5. The number of aldehydes is 1. The number of phenols is 1. The molecule has 0 saturated heterocycles. The summed E-state index contributed by atoms with van der Waals surface area (Å²) in [5.74, 6) is 0.346. The van der Waals surface area contributed by atoms with Gasteiger partial charge in [-0.1, -0.05) is 0 Å². The standard InChI is InChI=1S/C9H10O4.C2H6O/c1-12-7-3-6(5-10)4-8(13-2)9(7)11;1-3-2/h3-5,11H,1-2H3;1-2H3. The highest BCUT2D eigenvalue weighted by Gasteiger charge is 2.10. The van der Waals surface area contributed by atoms with E-state index in [4.69, 9.17) is 9.47 Å². The van der Waals surface area contributed by atoms with E-state index >= 15 is 0 Å². The normalized spacial score (nSPS) is 8.75. The molecule has 0 radical (unpaired) electrons. The van der Waals surface area contributed by atoms with Gasteiger partial charge in [-0.2, -0.15) is 0 Å². The summed E-state index contributed by atoms with van der Waals surface area (Å²) in [5.41, 5.74) is 0.395. The fourth-order valence-corrected chi connectivity index (χ4v) is 0.982. The molecule has 0 atom stereocenters. The van der Waals surface area contributed by atoms with Crippen molar-refractivity contribution in [1.82, 2.24) is 0 Å². The molecule has 5 heteroatoms. The summed E-state index contributed by atoms with van der Waals surface area (Å²) in [7, 11) is 6.06. The van der Waals surface area contributed by atoms with Gasteiger partial charge in [-0.15, -0.1) is 0 Å². The Kier molecular flexibility index (Phi) is 6.71. The third kappa shape index (κ3) is 3.78. The van der Waals surface area contributed by atoms with E-state index in [0.29, 0.717) is 11.8 Å². The highest BCUT2D eigenvalue weighted by molar-refractivity contribution is 5.78. The molecule has 1 aromatic carbocycles. The molecule has 0 saturated carbocycles. The molecule has 16 heavy (non-hydrogen) atoms. The summed E-state index contributed by atoms with van der Waals surface area (Å²) < 4.78 is 13.9. The first-order valence-corrected chi connectivity index (χ1v) is 4.44. The van der Waals surface area contributed by atoms with Crippen LogP contribution in [0.2, 0.25) is 0 Å². The molecule has 0 aliphatic carbocycles. The number of carbonyl (C=O) groups is 1. The lowest BCUT2D eigenvalue weighted by molar-refractivity contribution is 0.112. The Labute approximate surface area is 94.6 Å². The number of ether oxygens (including phenoxy) is 3. The molecule has 0 unspecified atom stereocenters. The van der Waals surface area contributed by atoms with Crippen molar-refractivity contribution in [3.63, 3.8) is 0 Å². The quantitative estimate of drug-likeness (QED) is 0.794. The van der Waals surface area contributed by atoms with Crippen molar-refractivity contribution in [2.24, 2.45) is 0 Å². The van der Waals surface area contributed by atoms with E-state index in [2.05, 4.69) is 4.74 Å².